The average Bonchev–Trinajstić information content (AvgIpc) is 2.39. The van der Waals surface area contributed by atoms with Crippen LogP contribution < -0.4 is 0 Å². The first-order valence-electron chi connectivity index (χ1n) is 5.60. The van der Waals surface area contributed by atoms with Crippen molar-refractivity contribution >= 4 is 10.8 Å². The Morgan fingerprint density at radius 1 is 0.941 bits per heavy atom. The second kappa shape index (κ2) is 3.98. The Morgan fingerprint density at radius 2 is 1.88 bits per heavy atom. The molecule has 0 amide bonds. The first kappa shape index (κ1) is 9.97. The first-order chi connectivity index (χ1) is 8.34. The van der Waals surface area contributed by atoms with E-state index in [1.54, 1.807) is 0 Å². The number of aromatic nitrogens is 2. The van der Waals surface area contributed by atoms with E-state index in [0.29, 0.717) is 0 Å². The van der Waals surface area contributed by atoms with E-state index in [2.05, 4.69) is 34.2 Å². The van der Waals surface area contributed by atoms with E-state index < -0.39 is 0 Å². The summed E-state index contributed by atoms with van der Waals surface area (Å²) in [5, 5.41) is 2.34. The Morgan fingerprint density at radius 3 is 2.71 bits per heavy atom. The lowest BCUT2D eigenvalue weighted by Gasteiger charge is -2.05. The van der Waals surface area contributed by atoms with Crippen LogP contribution in [-0.2, 0) is 0 Å². The molecule has 2 heterocycles. The van der Waals surface area contributed by atoms with E-state index in [1.165, 1.54) is 10.9 Å². The van der Waals surface area contributed by atoms with Gasteiger partial charge in [-0.05, 0) is 30.0 Å². The molecule has 2 heteroatoms. The van der Waals surface area contributed by atoms with Crippen molar-refractivity contribution in [2.24, 2.45) is 0 Å². The van der Waals surface area contributed by atoms with Crippen molar-refractivity contribution in [1.82, 2.24) is 9.97 Å². The Balaban J connectivity index is 2.27. The van der Waals surface area contributed by atoms with Gasteiger partial charge in [0.2, 0.25) is 0 Å². The standard InChI is InChI=1S/C15H12N2/c1-11-5-6-15(17-9-11)14-4-2-3-12-10-16-8-7-13(12)14/h2-10H,1H3. The number of aryl methyl sites for hydroxylation is 1. The molecule has 0 radical (unpaired) electrons. The number of nitrogens with zero attached hydrogens (tertiary/aromatic N) is 2. The molecule has 17 heavy (non-hydrogen) atoms. The van der Waals surface area contributed by atoms with Gasteiger partial charge in [0, 0.05) is 29.5 Å². The van der Waals surface area contributed by atoms with Gasteiger partial charge in [0.05, 0.1) is 5.69 Å². The number of hydrogen-bond acceptors (Lipinski definition) is 2. The summed E-state index contributed by atoms with van der Waals surface area (Å²) in [4.78, 5) is 8.62. The molecule has 0 aliphatic rings. The summed E-state index contributed by atoms with van der Waals surface area (Å²) < 4.78 is 0. The van der Waals surface area contributed by atoms with Gasteiger partial charge < -0.3 is 0 Å². The number of hydrogen-bond donors (Lipinski definition) is 0. The highest BCUT2D eigenvalue weighted by Crippen LogP contribution is 2.26. The third-order valence-corrected chi connectivity index (χ3v) is 2.87. The smallest absolute Gasteiger partial charge is 0.0708 e. The van der Waals surface area contributed by atoms with Crippen LogP contribution in [0.5, 0.6) is 0 Å². The van der Waals surface area contributed by atoms with Gasteiger partial charge >= 0.3 is 0 Å². The molecule has 2 nitrogen and oxygen atoms in total. The third-order valence-electron chi connectivity index (χ3n) is 2.87. The van der Waals surface area contributed by atoms with Crippen LogP contribution in [-0.4, -0.2) is 9.97 Å². The van der Waals surface area contributed by atoms with Crippen molar-refractivity contribution < 1.29 is 0 Å². The lowest BCUT2D eigenvalue weighted by atomic mass is 10.0. The summed E-state index contributed by atoms with van der Waals surface area (Å²) in [6.07, 6.45) is 5.60. The zero-order chi connectivity index (χ0) is 11.7. The van der Waals surface area contributed by atoms with E-state index in [9.17, 15) is 0 Å². The highest BCUT2D eigenvalue weighted by Gasteiger charge is 2.03. The predicted octanol–water partition coefficient (Wildman–Crippen LogP) is 3.61. The number of rotatable bonds is 1. The Bertz CT molecular complexity index is 652. The molecular formula is C15H12N2. The van der Waals surface area contributed by atoms with Crippen molar-refractivity contribution in [3.8, 4) is 11.3 Å². The molecular weight excluding hydrogens is 208 g/mol. The van der Waals surface area contributed by atoms with Crippen LogP contribution in [0, 0.1) is 6.92 Å². The average molecular weight is 220 g/mol. The summed E-state index contributed by atoms with van der Waals surface area (Å²) in [5.74, 6) is 0. The fraction of sp³-hybridized carbons (Fsp3) is 0.0667. The summed E-state index contributed by atoms with van der Waals surface area (Å²) in [6.45, 7) is 2.05. The van der Waals surface area contributed by atoms with Crippen molar-refractivity contribution in [2.75, 3.05) is 0 Å². The maximum Gasteiger partial charge on any atom is 0.0708 e. The normalized spacial score (nSPS) is 10.6. The fourth-order valence-corrected chi connectivity index (χ4v) is 1.97. The van der Waals surface area contributed by atoms with Crippen LogP contribution >= 0.6 is 0 Å². The molecule has 3 aromatic rings. The van der Waals surface area contributed by atoms with Crippen molar-refractivity contribution in [3.05, 3.63) is 60.6 Å². The highest BCUT2D eigenvalue weighted by atomic mass is 14.7. The third kappa shape index (κ3) is 1.78. The summed E-state index contributed by atoms with van der Waals surface area (Å²) in [6, 6.07) is 12.4. The van der Waals surface area contributed by atoms with Gasteiger partial charge in [-0.2, -0.15) is 0 Å². The van der Waals surface area contributed by atoms with Gasteiger partial charge in [-0.1, -0.05) is 24.3 Å². The van der Waals surface area contributed by atoms with Gasteiger partial charge in [0.15, 0.2) is 0 Å². The van der Waals surface area contributed by atoms with Gasteiger partial charge in [-0.15, -0.1) is 0 Å². The monoisotopic (exact) mass is 220 g/mol. The Labute approximate surface area is 100.0 Å². The highest BCUT2D eigenvalue weighted by molar-refractivity contribution is 5.95. The lowest BCUT2D eigenvalue weighted by Crippen LogP contribution is -1.86. The molecule has 1 aromatic carbocycles. The molecule has 0 spiro atoms. The van der Waals surface area contributed by atoms with E-state index in [-0.39, 0.29) is 0 Å². The molecule has 0 unspecified atom stereocenters. The lowest BCUT2D eigenvalue weighted by molar-refractivity contribution is 1.27. The fourth-order valence-electron chi connectivity index (χ4n) is 1.97. The Kier molecular flexibility index (Phi) is 2.33. The van der Waals surface area contributed by atoms with Crippen molar-refractivity contribution in [1.29, 1.82) is 0 Å². The summed E-state index contributed by atoms with van der Waals surface area (Å²) >= 11 is 0. The molecule has 0 fully saturated rings. The maximum absolute atomic E-state index is 4.48. The van der Waals surface area contributed by atoms with Crippen LogP contribution in [0.1, 0.15) is 5.56 Å². The molecule has 0 atom stereocenters. The minimum absolute atomic E-state index is 1.01. The summed E-state index contributed by atoms with van der Waals surface area (Å²) in [5.41, 5.74) is 3.34. The molecule has 0 bridgehead atoms. The van der Waals surface area contributed by atoms with E-state index in [1.807, 2.05) is 37.6 Å². The zero-order valence-electron chi connectivity index (χ0n) is 9.59. The van der Waals surface area contributed by atoms with Crippen LogP contribution in [0.4, 0.5) is 0 Å². The van der Waals surface area contributed by atoms with Gasteiger partial charge in [-0.3, -0.25) is 9.97 Å². The number of fused-ring (bicyclic) bond motifs is 1. The van der Waals surface area contributed by atoms with Gasteiger partial charge in [0.25, 0.3) is 0 Å². The minimum Gasteiger partial charge on any atom is -0.264 e. The van der Waals surface area contributed by atoms with Crippen LogP contribution in [0.15, 0.2) is 55.0 Å². The van der Waals surface area contributed by atoms with Crippen molar-refractivity contribution in [3.63, 3.8) is 0 Å². The molecule has 0 aliphatic carbocycles. The topological polar surface area (TPSA) is 25.8 Å². The first-order valence-corrected chi connectivity index (χ1v) is 5.60. The summed E-state index contributed by atoms with van der Waals surface area (Å²) in [7, 11) is 0. The van der Waals surface area contributed by atoms with Gasteiger partial charge in [0.1, 0.15) is 0 Å². The second-order valence-corrected chi connectivity index (χ2v) is 4.12. The van der Waals surface area contributed by atoms with E-state index in [4.69, 9.17) is 0 Å². The quantitative estimate of drug-likeness (QED) is 0.626. The minimum atomic E-state index is 1.01. The second-order valence-electron chi connectivity index (χ2n) is 4.12. The van der Waals surface area contributed by atoms with E-state index in [0.717, 1.165) is 16.6 Å². The maximum atomic E-state index is 4.48. The van der Waals surface area contributed by atoms with Crippen LogP contribution in [0.25, 0.3) is 22.0 Å². The molecule has 3 rings (SSSR count). The molecule has 2 aromatic heterocycles. The van der Waals surface area contributed by atoms with Crippen LogP contribution in [0.3, 0.4) is 0 Å². The SMILES string of the molecule is Cc1ccc(-c2cccc3cnccc23)nc1. The zero-order valence-corrected chi connectivity index (χ0v) is 9.59. The molecule has 0 saturated carbocycles. The molecule has 0 saturated heterocycles. The van der Waals surface area contributed by atoms with Crippen LogP contribution in [0.2, 0.25) is 0 Å². The molecule has 0 aliphatic heterocycles. The van der Waals surface area contributed by atoms with Gasteiger partial charge in [-0.25, -0.2) is 0 Å². The van der Waals surface area contributed by atoms with Crippen molar-refractivity contribution in [2.45, 2.75) is 6.92 Å². The Hall–Kier alpha value is -2.22. The predicted molar refractivity (Wildman–Crippen MR) is 69.7 cm³/mol. The largest absolute Gasteiger partial charge is 0.264 e. The number of pyridine rings is 2. The number of benzene rings is 1. The van der Waals surface area contributed by atoms with E-state index >= 15 is 0 Å². The molecule has 0 N–H and O–H groups in total. The molecule has 82 valence electrons.